The van der Waals surface area contributed by atoms with Gasteiger partial charge in [0.2, 0.25) is 0 Å². The third kappa shape index (κ3) is 6.26. The lowest BCUT2D eigenvalue weighted by Gasteiger charge is -2.17. The van der Waals surface area contributed by atoms with Crippen LogP contribution in [0, 0.1) is 0 Å². The number of hydrogen-bond donors (Lipinski definition) is 1. The smallest absolute Gasteiger partial charge is 0.481 e. The topological polar surface area (TPSA) is 55.8 Å². The molecule has 168 valence electrons. The fourth-order valence-electron chi connectivity index (χ4n) is 3.30. The number of halogens is 3. The minimum absolute atomic E-state index is 0.0506. The van der Waals surface area contributed by atoms with E-state index in [0.29, 0.717) is 17.1 Å². The summed E-state index contributed by atoms with van der Waals surface area (Å²) < 4.78 is 47.4. The Bertz CT molecular complexity index is 1070. The second-order valence-electron chi connectivity index (χ2n) is 7.58. The van der Waals surface area contributed by atoms with Gasteiger partial charge in [0.05, 0.1) is 0 Å². The first kappa shape index (κ1) is 23.2. The van der Waals surface area contributed by atoms with Crippen LogP contribution in [-0.2, 0) is 11.2 Å². The number of para-hydroxylation sites is 1. The highest BCUT2D eigenvalue weighted by Gasteiger charge is 2.31. The molecule has 3 aromatic rings. The van der Waals surface area contributed by atoms with Gasteiger partial charge in [-0.1, -0.05) is 56.3 Å². The molecule has 0 spiro atoms. The van der Waals surface area contributed by atoms with E-state index in [2.05, 4.69) is 18.6 Å². The third-order valence-electron chi connectivity index (χ3n) is 4.86. The average molecular weight is 444 g/mol. The quantitative estimate of drug-likeness (QED) is 0.400. The van der Waals surface area contributed by atoms with Crippen LogP contribution in [0.3, 0.4) is 0 Å². The molecule has 0 unspecified atom stereocenters. The van der Waals surface area contributed by atoms with Crippen molar-refractivity contribution in [2.45, 2.75) is 39.0 Å². The predicted molar refractivity (Wildman–Crippen MR) is 115 cm³/mol. The molecule has 1 N–H and O–H groups in total. The van der Waals surface area contributed by atoms with Crippen LogP contribution in [0.4, 0.5) is 13.2 Å². The zero-order valence-electron chi connectivity index (χ0n) is 17.6. The van der Waals surface area contributed by atoms with Crippen molar-refractivity contribution >= 4 is 5.97 Å². The summed E-state index contributed by atoms with van der Waals surface area (Å²) in [5.74, 6) is 0.181. The summed E-state index contributed by atoms with van der Waals surface area (Å²) in [6.07, 6.45) is -4.52. The molecular formula is C25H23F3O4. The summed E-state index contributed by atoms with van der Waals surface area (Å²) in [4.78, 5) is 11.1. The largest absolute Gasteiger partial charge is 0.573 e. The first-order chi connectivity index (χ1) is 15.1. The maximum absolute atomic E-state index is 12.4. The zero-order chi connectivity index (χ0) is 23.3. The summed E-state index contributed by atoms with van der Waals surface area (Å²) in [5, 5.41) is 9.08. The molecule has 0 aliphatic carbocycles. The van der Waals surface area contributed by atoms with Gasteiger partial charge in [0.1, 0.15) is 17.2 Å². The summed E-state index contributed by atoms with van der Waals surface area (Å²) in [5.41, 5.74) is 3.13. The standard InChI is InChI=1S/C25H23F3O4/c1-16(2)21-5-3-4-6-22(21)31-23-15-19(8-7-18(23)11-14-24(29)30)17-9-12-20(13-10-17)32-25(26,27)28/h3-10,12-13,15-16H,11,14H2,1-2H3,(H,29,30). The first-order valence-corrected chi connectivity index (χ1v) is 10.1. The van der Waals surface area contributed by atoms with Crippen LogP contribution in [0.25, 0.3) is 11.1 Å². The highest BCUT2D eigenvalue weighted by atomic mass is 19.4. The third-order valence-corrected chi connectivity index (χ3v) is 4.86. The second-order valence-corrected chi connectivity index (χ2v) is 7.58. The van der Waals surface area contributed by atoms with E-state index in [1.165, 1.54) is 24.3 Å². The van der Waals surface area contributed by atoms with Gasteiger partial charge in [-0.15, -0.1) is 13.2 Å². The van der Waals surface area contributed by atoms with Gasteiger partial charge in [-0.2, -0.15) is 0 Å². The molecule has 0 saturated carbocycles. The number of ether oxygens (including phenoxy) is 2. The number of rotatable bonds is 8. The number of carboxylic acids is 1. The number of aryl methyl sites for hydroxylation is 1. The first-order valence-electron chi connectivity index (χ1n) is 10.1. The van der Waals surface area contributed by atoms with Crippen molar-refractivity contribution in [2.24, 2.45) is 0 Å². The monoisotopic (exact) mass is 444 g/mol. The molecule has 0 amide bonds. The predicted octanol–water partition coefficient (Wildman–Crippen LogP) is 7.19. The number of carbonyl (C=O) groups is 1. The number of alkyl halides is 3. The molecule has 0 saturated heterocycles. The summed E-state index contributed by atoms with van der Waals surface area (Å²) >= 11 is 0. The van der Waals surface area contributed by atoms with Gasteiger partial charge in [-0.3, -0.25) is 4.79 Å². The van der Waals surface area contributed by atoms with Crippen LogP contribution in [0.5, 0.6) is 17.2 Å². The molecule has 0 aliphatic rings. The molecule has 0 atom stereocenters. The minimum Gasteiger partial charge on any atom is -0.481 e. The molecule has 3 rings (SSSR count). The van der Waals surface area contributed by atoms with Crippen LogP contribution < -0.4 is 9.47 Å². The number of hydrogen-bond acceptors (Lipinski definition) is 3. The van der Waals surface area contributed by atoms with E-state index in [9.17, 15) is 18.0 Å². The van der Waals surface area contributed by atoms with Crippen molar-refractivity contribution in [3.05, 3.63) is 77.9 Å². The van der Waals surface area contributed by atoms with Crippen LogP contribution in [0.2, 0.25) is 0 Å². The van der Waals surface area contributed by atoms with E-state index in [4.69, 9.17) is 9.84 Å². The molecule has 32 heavy (non-hydrogen) atoms. The molecule has 4 nitrogen and oxygen atoms in total. The molecule has 7 heteroatoms. The molecule has 0 fully saturated rings. The Labute approximate surface area is 184 Å². The maximum atomic E-state index is 12.4. The van der Waals surface area contributed by atoms with Gasteiger partial charge in [0.25, 0.3) is 0 Å². The van der Waals surface area contributed by atoms with Crippen molar-refractivity contribution in [1.82, 2.24) is 0 Å². The highest BCUT2D eigenvalue weighted by molar-refractivity contribution is 5.69. The Morgan fingerprint density at radius 1 is 0.938 bits per heavy atom. The fourth-order valence-corrected chi connectivity index (χ4v) is 3.30. The van der Waals surface area contributed by atoms with Crippen LogP contribution in [0.15, 0.2) is 66.7 Å². The Hall–Kier alpha value is -3.48. The van der Waals surface area contributed by atoms with Crippen LogP contribution >= 0.6 is 0 Å². The molecule has 0 bridgehead atoms. The molecular weight excluding hydrogens is 421 g/mol. The van der Waals surface area contributed by atoms with Crippen LogP contribution in [0.1, 0.15) is 37.3 Å². The van der Waals surface area contributed by atoms with Crippen molar-refractivity contribution in [3.63, 3.8) is 0 Å². The summed E-state index contributed by atoms with van der Waals surface area (Å²) in [7, 11) is 0. The molecule has 0 heterocycles. The molecule has 0 aliphatic heterocycles. The van der Waals surface area contributed by atoms with Gasteiger partial charge in [-0.05, 0) is 58.9 Å². The minimum atomic E-state index is -4.75. The highest BCUT2D eigenvalue weighted by Crippen LogP contribution is 2.36. The zero-order valence-corrected chi connectivity index (χ0v) is 17.6. The number of carboxylic acid groups (broad SMARTS) is 1. The van der Waals surface area contributed by atoms with Crippen molar-refractivity contribution in [1.29, 1.82) is 0 Å². The van der Waals surface area contributed by atoms with Gasteiger partial charge in [0, 0.05) is 6.42 Å². The Morgan fingerprint density at radius 2 is 1.59 bits per heavy atom. The van der Waals surface area contributed by atoms with E-state index in [1.807, 2.05) is 24.3 Å². The normalized spacial score (nSPS) is 11.4. The Kier molecular flexibility index (Phi) is 7.08. The van der Waals surface area contributed by atoms with Crippen molar-refractivity contribution in [3.8, 4) is 28.4 Å². The second kappa shape index (κ2) is 9.77. The molecule has 0 aromatic heterocycles. The van der Waals surface area contributed by atoms with E-state index in [-0.39, 0.29) is 24.5 Å². The van der Waals surface area contributed by atoms with Gasteiger partial charge < -0.3 is 14.6 Å². The maximum Gasteiger partial charge on any atom is 0.573 e. The summed E-state index contributed by atoms with van der Waals surface area (Å²) in [6, 6.07) is 18.5. The van der Waals surface area contributed by atoms with Gasteiger partial charge in [0.15, 0.2) is 0 Å². The number of aliphatic carboxylic acids is 1. The Morgan fingerprint density at radius 3 is 2.22 bits per heavy atom. The molecule has 3 aromatic carbocycles. The van der Waals surface area contributed by atoms with Crippen molar-refractivity contribution < 1.29 is 32.5 Å². The lowest BCUT2D eigenvalue weighted by molar-refractivity contribution is -0.274. The van der Waals surface area contributed by atoms with E-state index < -0.39 is 12.3 Å². The van der Waals surface area contributed by atoms with Gasteiger partial charge >= 0.3 is 12.3 Å². The SMILES string of the molecule is CC(C)c1ccccc1Oc1cc(-c2ccc(OC(F)(F)F)cc2)ccc1CCC(=O)O. The Balaban J connectivity index is 1.95. The van der Waals surface area contributed by atoms with Crippen LogP contribution in [-0.4, -0.2) is 17.4 Å². The summed E-state index contributed by atoms with van der Waals surface area (Å²) in [6.45, 7) is 4.10. The fraction of sp³-hybridized carbons (Fsp3) is 0.240. The lowest BCUT2D eigenvalue weighted by Crippen LogP contribution is -2.16. The number of benzene rings is 3. The van der Waals surface area contributed by atoms with Crippen molar-refractivity contribution in [2.75, 3.05) is 0 Å². The van der Waals surface area contributed by atoms with E-state index in [0.717, 1.165) is 16.7 Å². The van der Waals surface area contributed by atoms with Gasteiger partial charge in [-0.25, -0.2) is 0 Å². The molecule has 0 radical (unpaired) electrons. The van der Waals surface area contributed by atoms with E-state index in [1.54, 1.807) is 18.2 Å². The lowest BCUT2D eigenvalue weighted by atomic mass is 10.00. The average Bonchev–Trinajstić information content (AvgIpc) is 2.72. The van der Waals surface area contributed by atoms with E-state index >= 15 is 0 Å².